The molecule has 4 nitrogen and oxygen atoms in total. The van der Waals surface area contributed by atoms with E-state index in [2.05, 4.69) is 27.3 Å². The Morgan fingerprint density at radius 3 is 1.78 bits per heavy atom. The third-order valence-electron chi connectivity index (χ3n) is 3.15. The van der Waals surface area contributed by atoms with Crippen molar-refractivity contribution < 1.29 is 18.3 Å². The van der Waals surface area contributed by atoms with Crippen molar-refractivity contribution in [1.82, 2.24) is 0 Å². The molecule has 1 aliphatic rings. The maximum Gasteiger partial charge on any atom is 0.400 e. The molecule has 0 amide bonds. The van der Waals surface area contributed by atoms with Crippen molar-refractivity contribution in [3.05, 3.63) is 0 Å². The van der Waals surface area contributed by atoms with E-state index in [1.54, 1.807) is 0 Å². The van der Waals surface area contributed by atoms with E-state index in [4.69, 9.17) is 18.3 Å². The van der Waals surface area contributed by atoms with Gasteiger partial charge in [0.05, 0.1) is 0 Å². The molecule has 0 aliphatic carbocycles. The second-order valence-corrected chi connectivity index (χ2v) is 8.08. The number of hydrogen-bond acceptors (Lipinski definition) is 4. The first-order chi connectivity index (χ1) is 8.56. The zero-order valence-corrected chi connectivity index (χ0v) is 13.5. The van der Waals surface area contributed by atoms with Gasteiger partial charge in [-0.2, -0.15) is 0 Å². The summed E-state index contributed by atoms with van der Waals surface area (Å²) in [5, 5.41) is 0. The number of ether oxygens (including phenoxy) is 2. The fourth-order valence-electron chi connectivity index (χ4n) is 2.08. The van der Waals surface area contributed by atoms with Crippen molar-refractivity contribution >= 4 is 8.56 Å². The molecule has 5 heteroatoms. The van der Waals surface area contributed by atoms with E-state index in [0.717, 1.165) is 19.3 Å². The SMILES string of the molecule is CCCOC1([Si](C)(OCCC)OCCC)OC1C. The third kappa shape index (κ3) is 3.33. The summed E-state index contributed by atoms with van der Waals surface area (Å²) in [5.74, 6) is 0. The molecule has 1 fully saturated rings. The van der Waals surface area contributed by atoms with E-state index in [-0.39, 0.29) is 6.10 Å². The van der Waals surface area contributed by atoms with Gasteiger partial charge in [0.25, 0.3) is 0 Å². The first-order valence-corrected chi connectivity index (χ1v) is 9.47. The Labute approximate surface area is 112 Å². The van der Waals surface area contributed by atoms with Gasteiger partial charge in [0, 0.05) is 19.8 Å². The number of hydrogen-bond donors (Lipinski definition) is 0. The molecule has 1 heterocycles. The summed E-state index contributed by atoms with van der Waals surface area (Å²) in [6, 6.07) is 0. The Balaban J connectivity index is 2.72. The predicted octanol–water partition coefficient (Wildman–Crippen LogP) is 2.99. The van der Waals surface area contributed by atoms with Crippen LogP contribution in [0.25, 0.3) is 0 Å². The Kier molecular flexibility index (Phi) is 6.27. The molecule has 108 valence electrons. The molecule has 2 unspecified atom stereocenters. The lowest BCUT2D eigenvalue weighted by Crippen LogP contribution is -2.56. The van der Waals surface area contributed by atoms with Crippen LogP contribution in [0.1, 0.15) is 47.0 Å². The fraction of sp³-hybridized carbons (Fsp3) is 1.00. The average Bonchev–Trinajstić information content (AvgIpc) is 3.04. The van der Waals surface area contributed by atoms with Crippen LogP contribution in [-0.2, 0) is 18.3 Å². The highest BCUT2D eigenvalue weighted by molar-refractivity contribution is 6.69. The van der Waals surface area contributed by atoms with Gasteiger partial charge >= 0.3 is 8.56 Å². The summed E-state index contributed by atoms with van der Waals surface area (Å²) in [6.07, 6.45) is 3.02. The summed E-state index contributed by atoms with van der Waals surface area (Å²) in [4.78, 5) is 0. The molecule has 1 saturated heterocycles. The Morgan fingerprint density at radius 1 is 1.00 bits per heavy atom. The normalized spacial score (nSPS) is 27.5. The lowest BCUT2D eigenvalue weighted by molar-refractivity contribution is -0.0309. The van der Waals surface area contributed by atoms with Gasteiger partial charge in [-0.15, -0.1) is 0 Å². The molecule has 0 N–H and O–H groups in total. The fourth-order valence-corrected chi connectivity index (χ4v) is 5.24. The van der Waals surface area contributed by atoms with Crippen molar-refractivity contribution in [1.29, 1.82) is 0 Å². The van der Waals surface area contributed by atoms with E-state index < -0.39 is 14.0 Å². The molecule has 2 atom stereocenters. The lowest BCUT2D eigenvalue weighted by atomic mass is 10.5. The van der Waals surface area contributed by atoms with Crippen molar-refractivity contribution in [2.24, 2.45) is 0 Å². The molecular weight excluding hydrogens is 248 g/mol. The molecule has 1 rings (SSSR count). The molecule has 0 aromatic carbocycles. The quantitative estimate of drug-likeness (QED) is 0.454. The van der Waals surface area contributed by atoms with Gasteiger partial charge in [-0.05, 0) is 32.7 Å². The highest BCUT2D eigenvalue weighted by Crippen LogP contribution is 2.46. The van der Waals surface area contributed by atoms with Gasteiger partial charge in [-0.3, -0.25) is 0 Å². The summed E-state index contributed by atoms with van der Waals surface area (Å²) in [5.41, 5.74) is -0.590. The largest absolute Gasteiger partial charge is 0.400 e. The number of epoxide rings is 1. The standard InChI is InChI=1S/C13H28O4Si/c1-6-9-14-13(12(4)17-13)18(5,15-10-7-2)16-11-8-3/h12H,6-11H2,1-5H3. The zero-order chi connectivity index (χ0) is 13.6. The third-order valence-corrected chi connectivity index (χ3v) is 6.59. The summed E-state index contributed by atoms with van der Waals surface area (Å²) < 4.78 is 23.8. The monoisotopic (exact) mass is 276 g/mol. The van der Waals surface area contributed by atoms with Crippen molar-refractivity contribution in [3.63, 3.8) is 0 Å². The van der Waals surface area contributed by atoms with Crippen LogP contribution in [0.4, 0.5) is 0 Å². The van der Waals surface area contributed by atoms with Crippen molar-refractivity contribution in [2.45, 2.75) is 65.0 Å². The van der Waals surface area contributed by atoms with E-state index in [9.17, 15) is 0 Å². The average molecular weight is 276 g/mol. The predicted molar refractivity (Wildman–Crippen MR) is 73.6 cm³/mol. The first-order valence-electron chi connectivity index (χ1n) is 7.16. The van der Waals surface area contributed by atoms with E-state index in [0.29, 0.717) is 19.8 Å². The molecule has 0 bridgehead atoms. The maximum absolute atomic E-state index is 6.04. The summed E-state index contributed by atoms with van der Waals surface area (Å²) in [7, 11) is -2.45. The number of rotatable bonds is 10. The molecule has 0 saturated carbocycles. The lowest BCUT2D eigenvalue weighted by Gasteiger charge is -2.32. The van der Waals surface area contributed by atoms with Gasteiger partial charge < -0.3 is 18.3 Å². The van der Waals surface area contributed by atoms with Crippen LogP contribution in [0.2, 0.25) is 6.55 Å². The van der Waals surface area contributed by atoms with Crippen molar-refractivity contribution in [3.8, 4) is 0 Å². The van der Waals surface area contributed by atoms with Crippen LogP contribution in [0, 0.1) is 0 Å². The van der Waals surface area contributed by atoms with Crippen molar-refractivity contribution in [2.75, 3.05) is 19.8 Å². The topological polar surface area (TPSA) is 40.2 Å². The van der Waals surface area contributed by atoms with E-state index in [1.807, 2.05) is 6.92 Å². The highest BCUT2D eigenvalue weighted by atomic mass is 28.4. The molecule has 18 heavy (non-hydrogen) atoms. The Morgan fingerprint density at radius 2 is 1.44 bits per heavy atom. The summed E-state index contributed by atoms with van der Waals surface area (Å²) in [6.45, 7) is 12.5. The van der Waals surface area contributed by atoms with Crippen LogP contribution in [0.15, 0.2) is 0 Å². The zero-order valence-electron chi connectivity index (χ0n) is 12.5. The van der Waals surface area contributed by atoms with Crippen LogP contribution in [-0.4, -0.2) is 39.9 Å². The second-order valence-electron chi connectivity index (χ2n) is 4.92. The van der Waals surface area contributed by atoms with Gasteiger partial charge in [0.1, 0.15) is 6.10 Å². The van der Waals surface area contributed by atoms with Gasteiger partial charge in [0.2, 0.25) is 5.41 Å². The van der Waals surface area contributed by atoms with Crippen LogP contribution in [0.5, 0.6) is 0 Å². The van der Waals surface area contributed by atoms with E-state index >= 15 is 0 Å². The van der Waals surface area contributed by atoms with E-state index in [1.165, 1.54) is 0 Å². The maximum atomic E-state index is 6.04. The van der Waals surface area contributed by atoms with Crippen LogP contribution < -0.4 is 0 Å². The van der Waals surface area contributed by atoms with Crippen LogP contribution in [0.3, 0.4) is 0 Å². The summed E-state index contributed by atoms with van der Waals surface area (Å²) >= 11 is 0. The van der Waals surface area contributed by atoms with Gasteiger partial charge in [0.15, 0.2) is 0 Å². The minimum atomic E-state index is -2.45. The minimum Gasteiger partial charge on any atom is -0.391 e. The minimum absolute atomic E-state index is 0.0782. The molecule has 0 aromatic rings. The Hall–Kier alpha value is 0.0569. The Bertz CT molecular complexity index is 241. The highest BCUT2D eigenvalue weighted by Gasteiger charge is 2.72. The molecular formula is C13H28O4Si. The molecule has 1 aliphatic heterocycles. The van der Waals surface area contributed by atoms with Gasteiger partial charge in [-0.25, -0.2) is 0 Å². The molecule has 0 radical (unpaired) electrons. The first kappa shape index (κ1) is 16.1. The second kappa shape index (κ2) is 7.00. The van der Waals surface area contributed by atoms with Crippen LogP contribution >= 0.6 is 0 Å². The van der Waals surface area contributed by atoms with Gasteiger partial charge in [-0.1, -0.05) is 20.8 Å². The molecule has 0 aromatic heterocycles. The molecule has 0 spiro atoms. The smallest absolute Gasteiger partial charge is 0.391 e.